The topological polar surface area (TPSA) is 120 Å². The highest BCUT2D eigenvalue weighted by molar-refractivity contribution is 7.89. The van der Waals surface area contributed by atoms with Gasteiger partial charge in [0.25, 0.3) is 0 Å². The van der Waals surface area contributed by atoms with Crippen molar-refractivity contribution in [3.63, 3.8) is 0 Å². The number of nitrogens with one attached hydrogen (secondary N) is 3. The first-order valence-electron chi connectivity index (χ1n) is 14.9. The molecule has 9 nitrogen and oxygen atoms in total. The van der Waals surface area contributed by atoms with Gasteiger partial charge < -0.3 is 15.6 Å². The maximum atomic E-state index is 13.4. The summed E-state index contributed by atoms with van der Waals surface area (Å²) in [5.74, 6) is -0.892. The predicted molar refractivity (Wildman–Crippen MR) is 168 cm³/mol. The molecule has 1 fully saturated rings. The molecule has 6 rings (SSSR count). The third-order valence-corrected chi connectivity index (χ3v) is 9.93. The monoisotopic (exact) mass is 666 g/mol. The molecule has 1 aliphatic heterocycles. The maximum absolute atomic E-state index is 13.4. The van der Waals surface area contributed by atoms with Crippen LogP contribution in [0, 0.1) is 5.82 Å². The predicted octanol–water partition coefficient (Wildman–Crippen LogP) is 5.91. The molecule has 5 aromatic rings. The molecule has 244 valence electrons. The van der Waals surface area contributed by atoms with Crippen LogP contribution in [-0.4, -0.2) is 52.7 Å². The molecule has 1 amide bonds. The standard InChI is InChI=1S/C33H30F4N6O3S/c34-24-11-13-26(14-12-24)47(45,46)43-17-3-6-30(43)31(44)40-20-25-18-29(21-7-9-23(10-8-21)33(35,36)37)42-32(41-25)38-16-15-22-19-39-28-5-2-1-4-27(22)28/h1-2,4-5,7-14,18-19,30,39H,3,6,15-17,20H2,(H,40,44)(H,38,41,42)/t30-/m0/s1. The summed E-state index contributed by atoms with van der Waals surface area (Å²) >= 11 is 0. The fraction of sp³-hybridized carbons (Fsp3) is 0.242. The van der Waals surface area contributed by atoms with E-state index in [4.69, 9.17) is 0 Å². The number of hydrogen-bond acceptors (Lipinski definition) is 6. The van der Waals surface area contributed by atoms with Crippen molar-refractivity contribution in [3.8, 4) is 11.3 Å². The smallest absolute Gasteiger partial charge is 0.361 e. The van der Waals surface area contributed by atoms with Crippen molar-refractivity contribution in [3.05, 3.63) is 108 Å². The fourth-order valence-electron chi connectivity index (χ4n) is 5.62. The summed E-state index contributed by atoms with van der Waals surface area (Å²) < 4.78 is 80.6. The molecule has 3 N–H and O–H groups in total. The zero-order valence-corrected chi connectivity index (χ0v) is 25.7. The Hall–Kier alpha value is -4.82. The van der Waals surface area contributed by atoms with Gasteiger partial charge in [-0.05, 0) is 73.4 Å². The molecule has 0 spiro atoms. The van der Waals surface area contributed by atoms with Gasteiger partial charge in [0.05, 0.1) is 28.4 Å². The van der Waals surface area contributed by atoms with Crippen LogP contribution in [0.25, 0.3) is 22.2 Å². The van der Waals surface area contributed by atoms with Crippen LogP contribution in [0.2, 0.25) is 0 Å². The number of nitrogens with zero attached hydrogens (tertiary/aromatic N) is 3. The number of alkyl halides is 3. The van der Waals surface area contributed by atoms with Crippen LogP contribution in [-0.2, 0) is 34.0 Å². The van der Waals surface area contributed by atoms with E-state index in [9.17, 15) is 30.8 Å². The lowest BCUT2D eigenvalue weighted by Crippen LogP contribution is -2.45. The number of sulfonamides is 1. The number of carbonyl (C=O) groups is 1. The number of aromatic amines is 1. The zero-order chi connectivity index (χ0) is 33.2. The molecule has 0 saturated carbocycles. The third kappa shape index (κ3) is 7.13. The molecule has 3 heterocycles. The summed E-state index contributed by atoms with van der Waals surface area (Å²) in [6.45, 7) is 0.489. The first-order valence-corrected chi connectivity index (χ1v) is 16.3. The first kappa shape index (κ1) is 32.1. The number of anilines is 1. The third-order valence-electron chi connectivity index (χ3n) is 8.01. The number of aromatic nitrogens is 3. The summed E-state index contributed by atoms with van der Waals surface area (Å²) in [5.41, 5.74) is 2.41. The number of amides is 1. The molecule has 0 aliphatic carbocycles. The molecule has 0 radical (unpaired) electrons. The van der Waals surface area contributed by atoms with Crippen LogP contribution < -0.4 is 10.6 Å². The van der Waals surface area contributed by atoms with E-state index in [0.29, 0.717) is 42.8 Å². The highest BCUT2D eigenvalue weighted by Crippen LogP contribution is 2.31. The highest BCUT2D eigenvalue weighted by atomic mass is 32.2. The summed E-state index contributed by atoms with van der Waals surface area (Å²) in [6.07, 6.45) is -1.17. The minimum Gasteiger partial charge on any atom is -0.361 e. The van der Waals surface area contributed by atoms with Crippen LogP contribution in [0.3, 0.4) is 0 Å². The van der Waals surface area contributed by atoms with Crippen LogP contribution >= 0.6 is 0 Å². The molecule has 1 atom stereocenters. The first-order chi connectivity index (χ1) is 22.5. The van der Waals surface area contributed by atoms with E-state index >= 15 is 0 Å². The molecule has 0 unspecified atom stereocenters. The Morgan fingerprint density at radius 1 is 1.00 bits per heavy atom. The maximum Gasteiger partial charge on any atom is 0.416 e. The van der Waals surface area contributed by atoms with Gasteiger partial charge in [-0.3, -0.25) is 4.79 Å². The highest BCUT2D eigenvalue weighted by Gasteiger charge is 2.39. The summed E-state index contributed by atoms with van der Waals surface area (Å²) in [6, 6.07) is 17.5. The number of fused-ring (bicyclic) bond motifs is 1. The van der Waals surface area contributed by atoms with E-state index in [1.807, 2.05) is 30.5 Å². The Labute approximate surface area is 268 Å². The average Bonchev–Trinajstić information content (AvgIpc) is 3.72. The minimum absolute atomic E-state index is 0.0902. The van der Waals surface area contributed by atoms with E-state index in [2.05, 4.69) is 25.6 Å². The molecule has 0 bridgehead atoms. The second kappa shape index (κ2) is 13.1. The summed E-state index contributed by atoms with van der Waals surface area (Å²) in [7, 11) is -4.05. The van der Waals surface area contributed by atoms with Gasteiger partial charge in [-0.2, -0.15) is 17.5 Å². The van der Waals surface area contributed by atoms with Crippen molar-refractivity contribution in [2.75, 3.05) is 18.4 Å². The largest absolute Gasteiger partial charge is 0.416 e. The molecule has 1 aliphatic rings. The lowest BCUT2D eigenvalue weighted by atomic mass is 10.1. The Balaban J connectivity index is 1.20. The lowest BCUT2D eigenvalue weighted by Gasteiger charge is -2.23. The second-order valence-corrected chi connectivity index (χ2v) is 13.0. The molecule has 2 aromatic heterocycles. The number of hydrogen-bond donors (Lipinski definition) is 3. The van der Waals surface area contributed by atoms with E-state index in [1.165, 1.54) is 12.1 Å². The van der Waals surface area contributed by atoms with Crippen LogP contribution in [0.15, 0.2) is 90.0 Å². The number of para-hydroxylation sites is 1. The van der Waals surface area contributed by atoms with Crippen molar-refractivity contribution in [1.82, 2.24) is 24.6 Å². The lowest BCUT2D eigenvalue weighted by molar-refractivity contribution is -0.137. The molecule has 1 saturated heterocycles. The molecule has 14 heteroatoms. The van der Waals surface area contributed by atoms with Crippen molar-refractivity contribution >= 4 is 32.8 Å². The van der Waals surface area contributed by atoms with Gasteiger partial charge in [0.1, 0.15) is 11.9 Å². The number of H-pyrrole nitrogens is 1. The quantitative estimate of drug-likeness (QED) is 0.160. The van der Waals surface area contributed by atoms with Gasteiger partial charge in [-0.25, -0.2) is 22.8 Å². The number of rotatable bonds is 10. The molecular weight excluding hydrogens is 636 g/mol. The van der Waals surface area contributed by atoms with Crippen molar-refractivity contribution < 1.29 is 30.8 Å². The normalized spacial score (nSPS) is 15.6. The zero-order valence-electron chi connectivity index (χ0n) is 24.9. The number of carbonyl (C=O) groups excluding carboxylic acids is 1. The van der Waals surface area contributed by atoms with Gasteiger partial charge in [0.2, 0.25) is 21.9 Å². The van der Waals surface area contributed by atoms with Gasteiger partial charge in [-0.15, -0.1) is 0 Å². The van der Waals surface area contributed by atoms with Gasteiger partial charge in [0, 0.05) is 35.8 Å². The molecular formula is C33H30F4N6O3S. The van der Waals surface area contributed by atoms with Gasteiger partial charge >= 0.3 is 6.18 Å². The van der Waals surface area contributed by atoms with Crippen molar-refractivity contribution in [2.24, 2.45) is 0 Å². The Bertz CT molecular complexity index is 2000. The number of benzene rings is 3. The minimum atomic E-state index is -4.49. The summed E-state index contributed by atoms with van der Waals surface area (Å²) in [4.78, 5) is 25.5. The SMILES string of the molecule is O=C(NCc1cc(-c2ccc(C(F)(F)F)cc2)nc(NCCc2c[nH]c3ccccc23)n1)[C@@H]1CCCN1S(=O)(=O)c1ccc(F)cc1. The summed E-state index contributed by atoms with van der Waals surface area (Å²) in [5, 5.41) is 7.03. The average molecular weight is 667 g/mol. The van der Waals surface area contributed by atoms with Crippen LogP contribution in [0.1, 0.15) is 29.7 Å². The van der Waals surface area contributed by atoms with Crippen LogP contribution in [0.5, 0.6) is 0 Å². The van der Waals surface area contributed by atoms with Gasteiger partial charge in [0.15, 0.2) is 0 Å². The van der Waals surface area contributed by atoms with Crippen molar-refractivity contribution in [1.29, 1.82) is 0 Å². The van der Waals surface area contributed by atoms with E-state index in [1.54, 1.807) is 6.07 Å². The molecule has 3 aromatic carbocycles. The van der Waals surface area contributed by atoms with Crippen LogP contribution in [0.4, 0.5) is 23.5 Å². The van der Waals surface area contributed by atoms with Crippen molar-refractivity contribution in [2.45, 2.75) is 42.9 Å². The Morgan fingerprint density at radius 2 is 1.74 bits per heavy atom. The fourth-order valence-corrected chi connectivity index (χ4v) is 7.28. The molecule has 47 heavy (non-hydrogen) atoms. The Morgan fingerprint density at radius 3 is 2.49 bits per heavy atom. The number of halogens is 4. The van der Waals surface area contributed by atoms with E-state index in [-0.39, 0.29) is 23.9 Å². The van der Waals surface area contributed by atoms with Gasteiger partial charge in [-0.1, -0.05) is 30.3 Å². The Kier molecular flexibility index (Phi) is 8.97. The second-order valence-electron chi connectivity index (χ2n) is 11.1. The van der Waals surface area contributed by atoms with E-state index < -0.39 is 39.5 Å². The van der Waals surface area contributed by atoms with E-state index in [0.717, 1.165) is 57.2 Å².